The molecule has 0 aliphatic heterocycles. The van der Waals surface area contributed by atoms with Gasteiger partial charge in [0.25, 0.3) is 5.91 Å². The summed E-state index contributed by atoms with van der Waals surface area (Å²) < 4.78 is 1.01. The quantitative estimate of drug-likeness (QED) is 0.457. The summed E-state index contributed by atoms with van der Waals surface area (Å²) in [5.74, 6) is -0.140. The molecule has 28 heavy (non-hydrogen) atoms. The Morgan fingerprint density at radius 2 is 1.68 bits per heavy atom. The number of carbonyl (C=O) groups excluding carboxylic acids is 1. The molecule has 3 rings (SSSR count). The van der Waals surface area contributed by atoms with Gasteiger partial charge in [0.2, 0.25) is 5.13 Å². The van der Waals surface area contributed by atoms with E-state index in [-0.39, 0.29) is 11.3 Å². The van der Waals surface area contributed by atoms with Crippen LogP contribution in [0.3, 0.4) is 0 Å². The maximum absolute atomic E-state index is 12.5. The van der Waals surface area contributed by atoms with Crippen molar-refractivity contribution in [3.05, 3.63) is 70.2 Å². The molecule has 4 nitrogen and oxygen atoms in total. The number of benzene rings is 2. The zero-order chi connectivity index (χ0) is 20.3. The predicted molar refractivity (Wildman–Crippen MR) is 121 cm³/mol. The van der Waals surface area contributed by atoms with Crippen molar-refractivity contribution < 1.29 is 4.79 Å². The van der Waals surface area contributed by atoms with Crippen LogP contribution in [0.2, 0.25) is 0 Å². The molecule has 144 valence electrons. The number of carbonyl (C=O) groups is 1. The molecular weight excluding hydrogens is 434 g/mol. The van der Waals surface area contributed by atoms with Crippen LogP contribution in [0.15, 0.2) is 59.1 Å². The summed E-state index contributed by atoms with van der Waals surface area (Å²) in [5.41, 5.74) is 3.34. The summed E-state index contributed by atoms with van der Waals surface area (Å²) in [6.07, 6.45) is 3.38. The van der Waals surface area contributed by atoms with Crippen LogP contribution in [-0.4, -0.2) is 23.2 Å². The standard InChI is InChI=1S/C22H22BrN3OS/c1-22(2,3)17-10-5-15(6-11-17)7-14-19(27)26(4)21-25-24-20(28-21)16-8-12-18(23)13-9-16/h5-14H,1-4H3/b14-7+. The first-order valence-electron chi connectivity index (χ1n) is 8.90. The van der Waals surface area contributed by atoms with E-state index < -0.39 is 0 Å². The minimum Gasteiger partial charge on any atom is -0.286 e. The molecule has 3 aromatic rings. The highest BCUT2D eigenvalue weighted by Crippen LogP contribution is 2.29. The van der Waals surface area contributed by atoms with Gasteiger partial charge in [-0.1, -0.05) is 84.4 Å². The monoisotopic (exact) mass is 455 g/mol. The predicted octanol–water partition coefficient (Wildman–Crippen LogP) is 5.94. The fraction of sp³-hybridized carbons (Fsp3) is 0.227. The van der Waals surface area contributed by atoms with E-state index in [1.165, 1.54) is 21.8 Å². The molecule has 0 fully saturated rings. The lowest BCUT2D eigenvalue weighted by atomic mass is 9.87. The molecule has 0 radical (unpaired) electrons. The molecule has 0 atom stereocenters. The van der Waals surface area contributed by atoms with Crippen LogP contribution < -0.4 is 4.90 Å². The van der Waals surface area contributed by atoms with E-state index in [4.69, 9.17) is 0 Å². The fourth-order valence-corrected chi connectivity index (χ4v) is 3.61. The number of likely N-dealkylation sites (N-methyl/N-ethyl adjacent to an activating group) is 1. The van der Waals surface area contributed by atoms with E-state index >= 15 is 0 Å². The number of anilines is 1. The van der Waals surface area contributed by atoms with E-state index in [2.05, 4.69) is 59.0 Å². The van der Waals surface area contributed by atoms with Crippen molar-refractivity contribution in [3.8, 4) is 10.6 Å². The Morgan fingerprint density at radius 1 is 1.04 bits per heavy atom. The molecule has 0 saturated heterocycles. The summed E-state index contributed by atoms with van der Waals surface area (Å²) in [7, 11) is 1.71. The van der Waals surface area contributed by atoms with Gasteiger partial charge < -0.3 is 0 Å². The SMILES string of the molecule is CN(C(=O)/C=C/c1ccc(C(C)(C)C)cc1)c1nnc(-c2ccc(Br)cc2)s1. The number of rotatable bonds is 4. The number of hydrogen-bond acceptors (Lipinski definition) is 4. The van der Waals surface area contributed by atoms with Crippen LogP contribution >= 0.6 is 27.3 Å². The average Bonchev–Trinajstić information content (AvgIpc) is 3.16. The van der Waals surface area contributed by atoms with Gasteiger partial charge in [-0.25, -0.2) is 0 Å². The lowest BCUT2D eigenvalue weighted by molar-refractivity contribution is -0.113. The van der Waals surface area contributed by atoms with Gasteiger partial charge in [-0.3, -0.25) is 9.69 Å². The number of hydrogen-bond donors (Lipinski definition) is 0. The van der Waals surface area contributed by atoms with Crippen LogP contribution in [0.1, 0.15) is 31.9 Å². The Balaban J connectivity index is 1.69. The molecule has 0 saturated carbocycles. The van der Waals surface area contributed by atoms with Gasteiger partial charge in [0.05, 0.1) is 0 Å². The molecule has 0 bridgehead atoms. The van der Waals surface area contributed by atoms with Crippen LogP contribution in [0.25, 0.3) is 16.6 Å². The second-order valence-electron chi connectivity index (χ2n) is 7.50. The highest BCUT2D eigenvalue weighted by atomic mass is 79.9. The molecule has 0 unspecified atom stereocenters. The zero-order valence-corrected chi connectivity index (χ0v) is 18.7. The minimum atomic E-state index is -0.140. The van der Waals surface area contributed by atoms with E-state index in [9.17, 15) is 4.79 Å². The molecular formula is C22H22BrN3OS. The van der Waals surface area contributed by atoms with Gasteiger partial charge in [-0.05, 0) is 34.8 Å². The lowest BCUT2D eigenvalue weighted by Gasteiger charge is -2.18. The van der Waals surface area contributed by atoms with Crippen LogP contribution in [0, 0.1) is 0 Å². The highest BCUT2D eigenvalue weighted by Gasteiger charge is 2.15. The third-order valence-electron chi connectivity index (χ3n) is 4.32. The van der Waals surface area contributed by atoms with Crippen molar-refractivity contribution in [1.29, 1.82) is 0 Å². The van der Waals surface area contributed by atoms with Gasteiger partial charge in [-0.15, -0.1) is 10.2 Å². The van der Waals surface area contributed by atoms with Gasteiger partial charge >= 0.3 is 0 Å². The first kappa shape index (κ1) is 20.4. The summed E-state index contributed by atoms with van der Waals surface area (Å²) >= 11 is 4.81. The minimum absolute atomic E-state index is 0.114. The summed E-state index contributed by atoms with van der Waals surface area (Å²) in [5, 5.41) is 9.71. The topological polar surface area (TPSA) is 46.1 Å². The van der Waals surface area contributed by atoms with Crippen LogP contribution in [0.5, 0.6) is 0 Å². The number of amides is 1. The Bertz CT molecular complexity index is 986. The normalized spacial score (nSPS) is 11.8. The van der Waals surface area contributed by atoms with E-state index in [1.807, 2.05) is 42.5 Å². The Hall–Kier alpha value is -2.31. The maximum atomic E-state index is 12.5. The lowest BCUT2D eigenvalue weighted by Crippen LogP contribution is -2.23. The number of halogens is 1. The first-order valence-corrected chi connectivity index (χ1v) is 10.5. The molecule has 1 amide bonds. The van der Waals surface area contributed by atoms with Gasteiger partial charge in [0, 0.05) is 23.2 Å². The largest absolute Gasteiger partial charge is 0.286 e. The van der Waals surface area contributed by atoms with Crippen LogP contribution in [-0.2, 0) is 10.2 Å². The molecule has 1 heterocycles. The van der Waals surface area contributed by atoms with Crippen molar-refractivity contribution in [2.45, 2.75) is 26.2 Å². The van der Waals surface area contributed by atoms with Gasteiger partial charge in [0.15, 0.2) is 0 Å². The van der Waals surface area contributed by atoms with Crippen molar-refractivity contribution >= 4 is 44.4 Å². The molecule has 0 aliphatic rings. The molecule has 1 aromatic heterocycles. The zero-order valence-electron chi connectivity index (χ0n) is 16.3. The molecule has 0 N–H and O–H groups in total. The van der Waals surface area contributed by atoms with Gasteiger partial charge in [-0.2, -0.15) is 0 Å². The maximum Gasteiger partial charge on any atom is 0.252 e. The van der Waals surface area contributed by atoms with Crippen LogP contribution in [0.4, 0.5) is 5.13 Å². The number of nitrogens with zero attached hydrogens (tertiary/aromatic N) is 3. The molecule has 0 spiro atoms. The molecule has 6 heteroatoms. The first-order chi connectivity index (χ1) is 13.2. The Labute approximate surface area is 178 Å². The van der Waals surface area contributed by atoms with Crippen molar-refractivity contribution in [3.63, 3.8) is 0 Å². The molecule has 2 aromatic carbocycles. The van der Waals surface area contributed by atoms with E-state index in [0.29, 0.717) is 5.13 Å². The summed E-state index contributed by atoms with van der Waals surface area (Å²) in [6, 6.07) is 16.1. The smallest absolute Gasteiger partial charge is 0.252 e. The highest BCUT2D eigenvalue weighted by molar-refractivity contribution is 9.10. The van der Waals surface area contributed by atoms with Crippen molar-refractivity contribution in [1.82, 2.24) is 10.2 Å². The summed E-state index contributed by atoms with van der Waals surface area (Å²) in [4.78, 5) is 14.0. The fourth-order valence-electron chi connectivity index (χ4n) is 2.53. The van der Waals surface area contributed by atoms with E-state index in [0.717, 1.165) is 20.6 Å². The van der Waals surface area contributed by atoms with Crippen molar-refractivity contribution in [2.75, 3.05) is 11.9 Å². The molecule has 0 aliphatic carbocycles. The summed E-state index contributed by atoms with van der Waals surface area (Å²) in [6.45, 7) is 6.54. The van der Waals surface area contributed by atoms with Crippen molar-refractivity contribution in [2.24, 2.45) is 0 Å². The number of aromatic nitrogens is 2. The Morgan fingerprint density at radius 3 is 2.29 bits per heavy atom. The average molecular weight is 456 g/mol. The second-order valence-corrected chi connectivity index (χ2v) is 9.37. The second kappa shape index (κ2) is 8.37. The van der Waals surface area contributed by atoms with E-state index in [1.54, 1.807) is 13.1 Å². The third kappa shape index (κ3) is 4.94. The van der Waals surface area contributed by atoms with Gasteiger partial charge in [0.1, 0.15) is 5.01 Å². The third-order valence-corrected chi connectivity index (χ3v) is 5.90. The Kier molecular flexibility index (Phi) is 6.10.